The molecule has 0 saturated carbocycles. The predicted octanol–water partition coefficient (Wildman–Crippen LogP) is 3.52. The lowest BCUT2D eigenvalue weighted by Gasteiger charge is -2.07. The number of carboxylic acid groups (broad SMARTS) is 1. The molecule has 4 heteroatoms. The molecule has 0 aliphatic rings. The minimum Gasteiger partial charge on any atom is -0.507 e. The van der Waals surface area contributed by atoms with Crippen LogP contribution in [0.25, 0.3) is 11.1 Å². The first-order valence-electron chi connectivity index (χ1n) is 4.91. The number of aromatic hydroxyl groups is 1. The number of aromatic carboxylic acids is 1. The van der Waals surface area contributed by atoms with Gasteiger partial charge in [0.25, 0.3) is 0 Å². The third kappa shape index (κ3) is 2.31. The molecule has 0 amide bonds. The van der Waals surface area contributed by atoms with E-state index in [-0.39, 0.29) is 11.3 Å². The SMILES string of the molecule is O=C(O)c1cc(Br)c(-c2ccccc2)cc1O. The van der Waals surface area contributed by atoms with Crippen LogP contribution in [0.2, 0.25) is 0 Å². The van der Waals surface area contributed by atoms with Gasteiger partial charge in [-0.25, -0.2) is 4.79 Å². The lowest BCUT2D eigenvalue weighted by atomic mass is 10.0. The molecule has 0 atom stereocenters. The number of halogens is 1. The quantitative estimate of drug-likeness (QED) is 0.890. The molecule has 0 heterocycles. The Morgan fingerprint density at radius 3 is 2.35 bits per heavy atom. The van der Waals surface area contributed by atoms with Gasteiger partial charge in [-0.3, -0.25) is 0 Å². The summed E-state index contributed by atoms with van der Waals surface area (Å²) in [6, 6.07) is 12.3. The second-order valence-electron chi connectivity index (χ2n) is 3.52. The smallest absolute Gasteiger partial charge is 0.339 e. The van der Waals surface area contributed by atoms with Crippen LogP contribution < -0.4 is 0 Å². The van der Waals surface area contributed by atoms with Crippen LogP contribution in [0, 0.1) is 0 Å². The van der Waals surface area contributed by atoms with Crippen molar-refractivity contribution in [1.29, 1.82) is 0 Å². The number of carboxylic acids is 1. The summed E-state index contributed by atoms with van der Waals surface area (Å²) in [4.78, 5) is 10.8. The molecule has 2 aromatic rings. The number of hydrogen-bond donors (Lipinski definition) is 2. The van der Waals surface area contributed by atoms with Crippen LogP contribution in [-0.4, -0.2) is 16.2 Å². The van der Waals surface area contributed by atoms with Crippen molar-refractivity contribution in [3.63, 3.8) is 0 Å². The fourth-order valence-electron chi connectivity index (χ4n) is 1.57. The fraction of sp³-hybridized carbons (Fsp3) is 0. The van der Waals surface area contributed by atoms with E-state index < -0.39 is 5.97 Å². The van der Waals surface area contributed by atoms with Crippen molar-refractivity contribution in [3.05, 3.63) is 52.5 Å². The van der Waals surface area contributed by atoms with Gasteiger partial charge in [-0.15, -0.1) is 0 Å². The molecule has 0 bridgehead atoms. The van der Waals surface area contributed by atoms with Crippen molar-refractivity contribution in [3.8, 4) is 16.9 Å². The van der Waals surface area contributed by atoms with E-state index in [1.807, 2.05) is 30.3 Å². The Morgan fingerprint density at radius 2 is 1.76 bits per heavy atom. The van der Waals surface area contributed by atoms with Gasteiger partial charge in [-0.2, -0.15) is 0 Å². The maximum absolute atomic E-state index is 10.8. The summed E-state index contributed by atoms with van der Waals surface area (Å²) in [7, 11) is 0. The first-order chi connectivity index (χ1) is 8.09. The number of benzene rings is 2. The number of hydrogen-bond acceptors (Lipinski definition) is 2. The second-order valence-corrected chi connectivity index (χ2v) is 4.37. The van der Waals surface area contributed by atoms with Crippen LogP contribution in [0.4, 0.5) is 0 Å². The highest BCUT2D eigenvalue weighted by Crippen LogP contribution is 2.33. The topological polar surface area (TPSA) is 57.5 Å². The van der Waals surface area contributed by atoms with E-state index in [2.05, 4.69) is 15.9 Å². The molecule has 0 unspecified atom stereocenters. The lowest BCUT2D eigenvalue weighted by molar-refractivity contribution is 0.0693. The van der Waals surface area contributed by atoms with Crippen LogP contribution in [0.3, 0.4) is 0 Å². The average Bonchev–Trinajstić information content (AvgIpc) is 2.32. The van der Waals surface area contributed by atoms with E-state index in [0.717, 1.165) is 11.1 Å². The fourth-order valence-corrected chi connectivity index (χ4v) is 2.14. The number of rotatable bonds is 2. The molecule has 0 aliphatic carbocycles. The summed E-state index contributed by atoms with van der Waals surface area (Å²) in [5.41, 5.74) is 1.55. The maximum atomic E-state index is 10.8. The predicted molar refractivity (Wildman–Crippen MR) is 68.2 cm³/mol. The first-order valence-corrected chi connectivity index (χ1v) is 5.70. The summed E-state index contributed by atoms with van der Waals surface area (Å²) >= 11 is 3.31. The molecule has 0 radical (unpaired) electrons. The zero-order valence-electron chi connectivity index (χ0n) is 8.72. The summed E-state index contributed by atoms with van der Waals surface area (Å²) in [6.45, 7) is 0. The van der Waals surface area contributed by atoms with Gasteiger partial charge < -0.3 is 10.2 Å². The molecule has 0 fully saturated rings. The first kappa shape index (κ1) is 11.7. The lowest BCUT2D eigenvalue weighted by Crippen LogP contribution is -1.97. The van der Waals surface area contributed by atoms with Crippen LogP contribution in [0.1, 0.15) is 10.4 Å². The summed E-state index contributed by atoms with van der Waals surface area (Å²) in [6.07, 6.45) is 0. The molecule has 2 N–H and O–H groups in total. The molecule has 17 heavy (non-hydrogen) atoms. The normalized spacial score (nSPS) is 10.2. The van der Waals surface area contributed by atoms with Crippen molar-refractivity contribution < 1.29 is 15.0 Å². The highest BCUT2D eigenvalue weighted by molar-refractivity contribution is 9.10. The average molecular weight is 293 g/mol. The molecule has 3 nitrogen and oxygen atoms in total. The van der Waals surface area contributed by atoms with Gasteiger partial charge in [0.2, 0.25) is 0 Å². The van der Waals surface area contributed by atoms with Gasteiger partial charge in [0.15, 0.2) is 0 Å². The van der Waals surface area contributed by atoms with Gasteiger partial charge >= 0.3 is 5.97 Å². The molecule has 0 spiro atoms. The van der Waals surface area contributed by atoms with Crippen molar-refractivity contribution in [2.24, 2.45) is 0 Å². The Hall–Kier alpha value is -1.81. The standard InChI is InChI=1S/C13H9BrO3/c14-11-6-10(13(16)17)12(15)7-9(11)8-4-2-1-3-5-8/h1-7,15H,(H,16,17). The maximum Gasteiger partial charge on any atom is 0.339 e. The Balaban J connectivity index is 2.58. The van der Waals surface area contributed by atoms with Gasteiger partial charge in [-0.05, 0) is 23.3 Å². The molecule has 2 rings (SSSR count). The molecule has 86 valence electrons. The van der Waals surface area contributed by atoms with Gasteiger partial charge in [0.05, 0.1) is 0 Å². The van der Waals surface area contributed by atoms with Gasteiger partial charge in [0, 0.05) is 4.47 Å². The Bertz CT molecular complexity index is 564. The van der Waals surface area contributed by atoms with Crippen LogP contribution >= 0.6 is 15.9 Å². The number of phenols is 1. The third-order valence-corrected chi connectivity index (χ3v) is 3.06. The van der Waals surface area contributed by atoms with E-state index in [1.54, 1.807) is 0 Å². The molecular weight excluding hydrogens is 284 g/mol. The summed E-state index contributed by atoms with van der Waals surface area (Å²) in [5, 5.41) is 18.5. The van der Waals surface area contributed by atoms with Crippen molar-refractivity contribution in [1.82, 2.24) is 0 Å². The van der Waals surface area contributed by atoms with Crippen LogP contribution in [0.5, 0.6) is 5.75 Å². The molecule has 0 saturated heterocycles. The molecule has 2 aromatic carbocycles. The van der Waals surface area contributed by atoms with Crippen LogP contribution in [0.15, 0.2) is 46.9 Å². The van der Waals surface area contributed by atoms with Crippen LogP contribution in [-0.2, 0) is 0 Å². The highest BCUT2D eigenvalue weighted by Gasteiger charge is 2.13. The van der Waals surface area contributed by atoms with Crippen molar-refractivity contribution in [2.75, 3.05) is 0 Å². The van der Waals surface area contributed by atoms with Crippen molar-refractivity contribution >= 4 is 21.9 Å². The largest absolute Gasteiger partial charge is 0.507 e. The minimum atomic E-state index is -1.15. The second kappa shape index (κ2) is 4.59. The zero-order valence-corrected chi connectivity index (χ0v) is 10.3. The molecule has 0 aliphatic heterocycles. The third-order valence-electron chi connectivity index (χ3n) is 2.40. The summed E-state index contributed by atoms with van der Waals surface area (Å²) in [5.74, 6) is -1.39. The van der Waals surface area contributed by atoms with Crippen molar-refractivity contribution in [2.45, 2.75) is 0 Å². The highest BCUT2D eigenvalue weighted by atomic mass is 79.9. The van der Waals surface area contributed by atoms with E-state index >= 15 is 0 Å². The van der Waals surface area contributed by atoms with E-state index in [0.29, 0.717) is 4.47 Å². The monoisotopic (exact) mass is 292 g/mol. The Labute approximate surface area is 106 Å². The Kier molecular flexibility index (Phi) is 3.15. The zero-order chi connectivity index (χ0) is 12.4. The van der Waals surface area contributed by atoms with E-state index in [4.69, 9.17) is 5.11 Å². The molecular formula is C13H9BrO3. The van der Waals surface area contributed by atoms with E-state index in [1.165, 1.54) is 12.1 Å². The molecule has 0 aromatic heterocycles. The van der Waals surface area contributed by atoms with E-state index in [9.17, 15) is 9.90 Å². The summed E-state index contributed by atoms with van der Waals surface area (Å²) < 4.78 is 0.638. The Morgan fingerprint density at radius 1 is 1.12 bits per heavy atom. The minimum absolute atomic E-state index is 0.114. The van der Waals surface area contributed by atoms with Gasteiger partial charge in [0.1, 0.15) is 11.3 Å². The van der Waals surface area contributed by atoms with Gasteiger partial charge in [-0.1, -0.05) is 46.3 Å². The number of carbonyl (C=O) groups is 1.